The van der Waals surface area contributed by atoms with Crippen molar-refractivity contribution in [2.45, 2.75) is 0 Å². The van der Waals surface area contributed by atoms with Crippen LogP contribution in [-0.4, -0.2) is 19.9 Å². The largest absolute Gasteiger partial charge is 0.264 e. The molecule has 11 aromatic rings. The Balaban J connectivity index is 1.21. The van der Waals surface area contributed by atoms with Crippen LogP contribution in [0.2, 0.25) is 0 Å². The summed E-state index contributed by atoms with van der Waals surface area (Å²) in [5.41, 5.74) is 9.45. The second-order valence-electron chi connectivity index (χ2n) is 14.7. The lowest BCUT2D eigenvalue weighted by Gasteiger charge is -2.18. The van der Waals surface area contributed by atoms with E-state index in [1.165, 1.54) is 54.2 Å². The number of hydrogen-bond acceptors (Lipinski definition) is 4. The van der Waals surface area contributed by atoms with E-state index in [0.29, 0.717) is 17.5 Å². The lowest BCUT2D eigenvalue weighted by molar-refractivity contribution is 1.07. The molecule has 0 atom stereocenters. The molecule has 0 fully saturated rings. The van der Waals surface area contributed by atoms with Gasteiger partial charge >= 0.3 is 0 Å². The van der Waals surface area contributed by atoms with E-state index in [0.717, 1.165) is 38.9 Å². The number of aromatic nitrogens is 4. The van der Waals surface area contributed by atoms with Crippen LogP contribution in [0, 0.1) is 0 Å². The van der Waals surface area contributed by atoms with Crippen LogP contribution in [0.4, 0.5) is 0 Å². The minimum atomic E-state index is 0.609. The fourth-order valence-corrected chi connectivity index (χ4v) is 8.39. The average molecular weight is 739 g/mol. The van der Waals surface area contributed by atoms with Gasteiger partial charge in [0.25, 0.3) is 0 Å². The molecule has 4 nitrogen and oxygen atoms in total. The van der Waals surface area contributed by atoms with E-state index in [1.807, 2.05) is 30.5 Å². The van der Waals surface area contributed by atoms with Gasteiger partial charge in [-0.2, -0.15) is 0 Å². The zero-order valence-corrected chi connectivity index (χ0v) is 31.4. The SMILES string of the molecule is c1ccc(-c2nc(-c3ccc(-c4cccnc4)cc3)nc(-c3cc(-c4c5ccccc5cc5ccccc45)cc(-c4c5ccccc5cc5ccccc45)c3)n2)cc1. The van der Waals surface area contributed by atoms with E-state index in [9.17, 15) is 0 Å². The molecule has 0 saturated carbocycles. The third-order valence-corrected chi connectivity index (χ3v) is 11.1. The summed E-state index contributed by atoms with van der Waals surface area (Å²) in [6.07, 6.45) is 3.67. The number of benzene rings is 9. The highest BCUT2D eigenvalue weighted by Crippen LogP contribution is 2.43. The second kappa shape index (κ2) is 14.0. The molecule has 11 rings (SSSR count). The normalized spacial score (nSPS) is 11.4. The van der Waals surface area contributed by atoms with Crippen molar-refractivity contribution < 1.29 is 0 Å². The van der Waals surface area contributed by atoms with Crippen LogP contribution in [0.1, 0.15) is 0 Å². The number of nitrogens with zero attached hydrogens (tertiary/aromatic N) is 4. The highest BCUT2D eigenvalue weighted by molar-refractivity contribution is 6.16. The van der Waals surface area contributed by atoms with Gasteiger partial charge in [-0.1, -0.05) is 158 Å². The van der Waals surface area contributed by atoms with Gasteiger partial charge < -0.3 is 0 Å². The zero-order chi connectivity index (χ0) is 38.4. The van der Waals surface area contributed by atoms with Crippen molar-refractivity contribution in [2.24, 2.45) is 0 Å². The van der Waals surface area contributed by atoms with Crippen LogP contribution in [0.5, 0.6) is 0 Å². The molecule has 0 amide bonds. The quantitative estimate of drug-likeness (QED) is 0.159. The lowest BCUT2D eigenvalue weighted by atomic mass is 9.87. The molecule has 9 aromatic carbocycles. The minimum Gasteiger partial charge on any atom is -0.264 e. The Morgan fingerprint density at radius 1 is 0.259 bits per heavy atom. The van der Waals surface area contributed by atoms with Crippen molar-refractivity contribution >= 4 is 43.1 Å². The van der Waals surface area contributed by atoms with Crippen molar-refractivity contribution in [3.05, 3.63) is 207 Å². The van der Waals surface area contributed by atoms with Crippen LogP contribution in [0.15, 0.2) is 207 Å². The Morgan fingerprint density at radius 3 is 1.10 bits per heavy atom. The first-order valence-corrected chi connectivity index (χ1v) is 19.5. The fourth-order valence-electron chi connectivity index (χ4n) is 8.39. The molecule has 0 aliphatic heterocycles. The molecule has 0 spiro atoms. The highest BCUT2D eigenvalue weighted by Gasteiger charge is 2.19. The third kappa shape index (κ3) is 5.96. The minimum absolute atomic E-state index is 0.609. The average Bonchev–Trinajstić information content (AvgIpc) is 3.30. The maximum absolute atomic E-state index is 5.29. The Morgan fingerprint density at radius 2 is 0.638 bits per heavy atom. The van der Waals surface area contributed by atoms with Crippen LogP contribution in [0.3, 0.4) is 0 Å². The summed E-state index contributed by atoms with van der Waals surface area (Å²) in [6.45, 7) is 0. The summed E-state index contributed by atoms with van der Waals surface area (Å²) in [5, 5.41) is 9.57. The first kappa shape index (κ1) is 33.5. The summed E-state index contributed by atoms with van der Waals surface area (Å²) in [6, 6.07) is 68.8. The van der Waals surface area contributed by atoms with Crippen molar-refractivity contribution in [3.8, 4) is 67.5 Å². The molecule has 0 radical (unpaired) electrons. The van der Waals surface area contributed by atoms with Crippen LogP contribution in [-0.2, 0) is 0 Å². The van der Waals surface area contributed by atoms with E-state index in [1.54, 1.807) is 6.20 Å². The summed E-state index contributed by atoms with van der Waals surface area (Å²) in [7, 11) is 0. The summed E-state index contributed by atoms with van der Waals surface area (Å²) >= 11 is 0. The second-order valence-corrected chi connectivity index (χ2v) is 14.7. The number of rotatable bonds is 6. The molecule has 0 bridgehead atoms. The van der Waals surface area contributed by atoms with Gasteiger partial charge in [0, 0.05) is 29.1 Å². The van der Waals surface area contributed by atoms with Crippen LogP contribution < -0.4 is 0 Å². The Labute approximate surface area is 335 Å². The van der Waals surface area contributed by atoms with Gasteiger partial charge in [-0.15, -0.1) is 0 Å². The van der Waals surface area contributed by atoms with Gasteiger partial charge in [-0.05, 0) is 113 Å². The molecule has 2 aromatic heterocycles. The first-order valence-electron chi connectivity index (χ1n) is 19.5. The van der Waals surface area contributed by atoms with Gasteiger partial charge in [0.2, 0.25) is 0 Å². The molecule has 0 saturated heterocycles. The Kier molecular flexibility index (Phi) is 8.11. The van der Waals surface area contributed by atoms with E-state index in [4.69, 9.17) is 15.0 Å². The summed E-state index contributed by atoms with van der Waals surface area (Å²) in [5.74, 6) is 1.84. The monoisotopic (exact) mass is 738 g/mol. The van der Waals surface area contributed by atoms with Gasteiger partial charge in [0.1, 0.15) is 0 Å². The molecule has 270 valence electrons. The predicted molar refractivity (Wildman–Crippen MR) is 240 cm³/mol. The van der Waals surface area contributed by atoms with Crippen LogP contribution in [0.25, 0.3) is 111 Å². The maximum atomic E-state index is 5.29. The number of fused-ring (bicyclic) bond motifs is 4. The Hall–Kier alpha value is -7.82. The Bertz CT molecular complexity index is 3080. The van der Waals surface area contributed by atoms with Gasteiger partial charge in [-0.25, -0.2) is 15.0 Å². The van der Waals surface area contributed by atoms with E-state index in [2.05, 4.69) is 175 Å². The third-order valence-electron chi connectivity index (χ3n) is 11.1. The van der Waals surface area contributed by atoms with Crippen molar-refractivity contribution in [3.63, 3.8) is 0 Å². The van der Waals surface area contributed by atoms with Gasteiger partial charge in [-0.3, -0.25) is 4.98 Å². The summed E-state index contributed by atoms with van der Waals surface area (Å²) < 4.78 is 0. The fraction of sp³-hybridized carbons (Fsp3) is 0. The van der Waals surface area contributed by atoms with E-state index in [-0.39, 0.29) is 0 Å². The molecular formula is C54H34N4. The summed E-state index contributed by atoms with van der Waals surface area (Å²) in [4.78, 5) is 20.0. The van der Waals surface area contributed by atoms with Gasteiger partial charge in [0.15, 0.2) is 17.5 Å². The molecule has 0 aliphatic rings. The molecular weight excluding hydrogens is 705 g/mol. The standard InChI is InChI=1S/C54H34N4/c1-2-13-36(14-3-1)52-56-53(37-26-24-35(25-27-37)42-19-12-28-55-34-42)58-54(57-52)45-32-43(50-46-20-8-4-15-38(46)29-39-16-5-9-21-47(39)50)31-44(33-45)51-48-22-10-6-17-40(48)30-41-18-7-11-23-49(41)51/h1-34H. The van der Waals surface area contributed by atoms with Crippen molar-refractivity contribution in [1.29, 1.82) is 0 Å². The predicted octanol–water partition coefficient (Wildman–Crippen LogP) is 13.9. The number of pyridine rings is 1. The topological polar surface area (TPSA) is 51.6 Å². The van der Waals surface area contributed by atoms with Crippen molar-refractivity contribution in [1.82, 2.24) is 19.9 Å². The smallest absolute Gasteiger partial charge is 0.164 e. The molecule has 0 aliphatic carbocycles. The highest BCUT2D eigenvalue weighted by atomic mass is 15.0. The van der Waals surface area contributed by atoms with Gasteiger partial charge in [0.05, 0.1) is 0 Å². The molecule has 4 heteroatoms. The van der Waals surface area contributed by atoms with Crippen molar-refractivity contribution in [2.75, 3.05) is 0 Å². The van der Waals surface area contributed by atoms with Crippen LogP contribution >= 0.6 is 0 Å². The lowest BCUT2D eigenvalue weighted by Crippen LogP contribution is -2.01. The first-order chi connectivity index (χ1) is 28.7. The molecule has 2 heterocycles. The number of hydrogen-bond donors (Lipinski definition) is 0. The molecule has 0 unspecified atom stereocenters. The maximum Gasteiger partial charge on any atom is 0.164 e. The molecule has 58 heavy (non-hydrogen) atoms. The zero-order valence-electron chi connectivity index (χ0n) is 31.4. The molecule has 0 N–H and O–H groups in total. The van der Waals surface area contributed by atoms with E-state index >= 15 is 0 Å². The van der Waals surface area contributed by atoms with E-state index < -0.39 is 0 Å².